The molecule has 0 aliphatic carbocycles. The van der Waals surface area contributed by atoms with E-state index in [1.54, 1.807) is 0 Å². The second-order valence-corrected chi connectivity index (χ2v) is 4.55. The van der Waals surface area contributed by atoms with Crippen molar-refractivity contribution in [1.82, 2.24) is 5.32 Å². The van der Waals surface area contributed by atoms with Gasteiger partial charge in [0.05, 0.1) is 0 Å². The van der Waals surface area contributed by atoms with Crippen LogP contribution in [0.1, 0.15) is 39.5 Å². The number of hydrogen-bond donors (Lipinski definition) is 1. The van der Waals surface area contributed by atoms with Gasteiger partial charge in [-0.25, -0.2) is 0 Å². The zero-order valence-electron chi connectivity index (χ0n) is 8.45. The van der Waals surface area contributed by atoms with Crippen molar-refractivity contribution in [3.8, 4) is 0 Å². The minimum absolute atomic E-state index is 0.523. The van der Waals surface area contributed by atoms with Gasteiger partial charge in [-0.05, 0) is 51.1 Å². The Morgan fingerprint density at radius 2 is 2.17 bits per heavy atom. The predicted molar refractivity (Wildman–Crippen MR) is 54.3 cm³/mol. The summed E-state index contributed by atoms with van der Waals surface area (Å²) in [5.74, 6) is 0. The lowest BCUT2D eigenvalue weighted by molar-refractivity contribution is 0.283. The van der Waals surface area contributed by atoms with Gasteiger partial charge in [-0.1, -0.05) is 12.5 Å². The van der Waals surface area contributed by atoms with E-state index in [4.69, 9.17) is 0 Å². The van der Waals surface area contributed by atoms with Gasteiger partial charge in [0.15, 0.2) is 0 Å². The first-order valence-corrected chi connectivity index (χ1v) is 4.97. The van der Waals surface area contributed by atoms with Crippen molar-refractivity contribution in [3.63, 3.8) is 0 Å². The summed E-state index contributed by atoms with van der Waals surface area (Å²) in [4.78, 5) is 0. The minimum Gasteiger partial charge on any atom is -0.317 e. The minimum atomic E-state index is 0.523. The topological polar surface area (TPSA) is 12.0 Å². The molecular weight excluding hydrogens is 146 g/mol. The maximum atomic E-state index is 4.00. The molecule has 1 rings (SSSR count). The Kier molecular flexibility index (Phi) is 3.33. The smallest absolute Gasteiger partial charge is 0.00436 e. The first-order valence-electron chi connectivity index (χ1n) is 4.97. The number of nitrogens with one attached hydrogen (secondary N) is 1. The fourth-order valence-electron chi connectivity index (χ4n) is 2.19. The maximum Gasteiger partial charge on any atom is -0.00436 e. The lowest BCUT2D eigenvalue weighted by atomic mass is 9.78. The van der Waals surface area contributed by atoms with E-state index in [2.05, 4.69) is 25.7 Å². The van der Waals surface area contributed by atoms with E-state index >= 15 is 0 Å². The largest absolute Gasteiger partial charge is 0.317 e. The van der Waals surface area contributed by atoms with E-state index in [-0.39, 0.29) is 0 Å². The van der Waals surface area contributed by atoms with Gasteiger partial charge < -0.3 is 5.32 Å². The second kappa shape index (κ2) is 4.08. The molecule has 1 aliphatic rings. The van der Waals surface area contributed by atoms with Crippen LogP contribution >= 0.6 is 0 Å². The summed E-state index contributed by atoms with van der Waals surface area (Å²) >= 11 is 0. The van der Waals surface area contributed by atoms with E-state index < -0.39 is 0 Å². The molecule has 1 unspecified atom stereocenters. The fraction of sp³-hybridized carbons (Fsp3) is 0.818. The summed E-state index contributed by atoms with van der Waals surface area (Å²) < 4.78 is 0. The molecule has 70 valence electrons. The third kappa shape index (κ3) is 2.98. The standard InChI is InChI=1S/C11H21N/c1-10(2)9-11(3)5-4-7-12-8-6-11/h12H,1,4-9H2,2-3H3. The van der Waals surface area contributed by atoms with Crippen LogP contribution in [0.3, 0.4) is 0 Å². The van der Waals surface area contributed by atoms with Crippen molar-refractivity contribution in [2.75, 3.05) is 13.1 Å². The lowest BCUT2D eigenvalue weighted by Crippen LogP contribution is -2.19. The summed E-state index contributed by atoms with van der Waals surface area (Å²) in [6.45, 7) is 10.9. The van der Waals surface area contributed by atoms with Crippen LogP contribution < -0.4 is 5.32 Å². The van der Waals surface area contributed by atoms with Gasteiger partial charge in [-0.2, -0.15) is 0 Å². The van der Waals surface area contributed by atoms with E-state index in [1.807, 2.05) is 0 Å². The van der Waals surface area contributed by atoms with E-state index in [1.165, 1.54) is 44.3 Å². The van der Waals surface area contributed by atoms with Crippen molar-refractivity contribution >= 4 is 0 Å². The molecule has 1 N–H and O–H groups in total. The van der Waals surface area contributed by atoms with Crippen molar-refractivity contribution in [2.24, 2.45) is 5.41 Å². The molecule has 1 nitrogen and oxygen atoms in total. The van der Waals surface area contributed by atoms with E-state index in [9.17, 15) is 0 Å². The van der Waals surface area contributed by atoms with Crippen LogP contribution in [-0.2, 0) is 0 Å². The zero-order valence-corrected chi connectivity index (χ0v) is 8.45. The van der Waals surface area contributed by atoms with Crippen molar-refractivity contribution in [2.45, 2.75) is 39.5 Å². The van der Waals surface area contributed by atoms with Crippen molar-refractivity contribution < 1.29 is 0 Å². The molecule has 0 aromatic heterocycles. The van der Waals surface area contributed by atoms with Crippen LogP contribution in [0.15, 0.2) is 12.2 Å². The average Bonchev–Trinajstić information content (AvgIpc) is 2.12. The molecule has 0 bridgehead atoms. The Bertz CT molecular complexity index is 152. The Labute approximate surface area is 76.2 Å². The van der Waals surface area contributed by atoms with E-state index in [0.717, 1.165) is 0 Å². The molecule has 0 aromatic carbocycles. The zero-order chi connectivity index (χ0) is 9.03. The summed E-state index contributed by atoms with van der Waals surface area (Å²) in [6, 6.07) is 0. The highest BCUT2D eigenvalue weighted by atomic mass is 14.9. The van der Waals surface area contributed by atoms with Gasteiger partial charge in [0.25, 0.3) is 0 Å². The van der Waals surface area contributed by atoms with Crippen LogP contribution in [0.2, 0.25) is 0 Å². The summed E-state index contributed by atoms with van der Waals surface area (Å²) in [6.07, 6.45) is 5.19. The number of rotatable bonds is 2. The maximum absolute atomic E-state index is 4.00. The van der Waals surface area contributed by atoms with Crippen molar-refractivity contribution in [3.05, 3.63) is 12.2 Å². The Balaban J connectivity index is 2.48. The van der Waals surface area contributed by atoms with Crippen LogP contribution in [0, 0.1) is 5.41 Å². The van der Waals surface area contributed by atoms with Gasteiger partial charge in [-0.15, -0.1) is 6.58 Å². The van der Waals surface area contributed by atoms with Gasteiger partial charge in [0.1, 0.15) is 0 Å². The molecular formula is C11H21N. The molecule has 12 heavy (non-hydrogen) atoms. The van der Waals surface area contributed by atoms with Gasteiger partial charge in [0.2, 0.25) is 0 Å². The highest BCUT2D eigenvalue weighted by Crippen LogP contribution is 2.34. The highest BCUT2D eigenvalue weighted by molar-refractivity contribution is 4.96. The lowest BCUT2D eigenvalue weighted by Gasteiger charge is -2.27. The third-order valence-corrected chi connectivity index (χ3v) is 2.77. The van der Waals surface area contributed by atoms with Crippen LogP contribution in [-0.4, -0.2) is 13.1 Å². The van der Waals surface area contributed by atoms with E-state index in [0.29, 0.717) is 5.41 Å². The first kappa shape index (κ1) is 9.79. The SMILES string of the molecule is C=C(C)CC1(C)CCCNCC1. The number of allylic oxidation sites excluding steroid dienone is 1. The van der Waals surface area contributed by atoms with Crippen LogP contribution in [0.5, 0.6) is 0 Å². The molecule has 1 aliphatic heterocycles. The first-order chi connectivity index (χ1) is 5.62. The summed E-state index contributed by atoms with van der Waals surface area (Å²) in [7, 11) is 0. The summed E-state index contributed by atoms with van der Waals surface area (Å²) in [5, 5.41) is 3.45. The monoisotopic (exact) mass is 167 g/mol. The predicted octanol–water partition coefficient (Wildman–Crippen LogP) is 2.73. The molecule has 0 saturated carbocycles. The quantitative estimate of drug-likeness (QED) is 0.624. The normalized spacial score (nSPS) is 31.2. The molecule has 1 heterocycles. The van der Waals surface area contributed by atoms with Gasteiger partial charge in [0, 0.05) is 0 Å². The molecule has 0 spiro atoms. The third-order valence-electron chi connectivity index (χ3n) is 2.77. The van der Waals surface area contributed by atoms with Crippen molar-refractivity contribution in [1.29, 1.82) is 0 Å². The molecule has 0 radical (unpaired) electrons. The molecule has 1 fully saturated rings. The molecule has 0 aromatic rings. The van der Waals surface area contributed by atoms with Crippen LogP contribution in [0.25, 0.3) is 0 Å². The molecule has 1 heteroatoms. The number of hydrogen-bond acceptors (Lipinski definition) is 1. The average molecular weight is 167 g/mol. The molecule has 0 amide bonds. The highest BCUT2D eigenvalue weighted by Gasteiger charge is 2.24. The van der Waals surface area contributed by atoms with Gasteiger partial charge >= 0.3 is 0 Å². The molecule has 1 saturated heterocycles. The van der Waals surface area contributed by atoms with Gasteiger partial charge in [-0.3, -0.25) is 0 Å². The summed E-state index contributed by atoms with van der Waals surface area (Å²) in [5.41, 5.74) is 1.86. The fourth-order valence-corrected chi connectivity index (χ4v) is 2.19. The molecule has 1 atom stereocenters. The second-order valence-electron chi connectivity index (χ2n) is 4.55. The Morgan fingerprint density at radius 1 is 1.42 bits per heavy atom. The Hall–Kier alpha value is -0.300. The van der Waals surface area contributed by atoms with Crippen LogP contribution in [0.4, 0.5) is 0 Å². The Morgan fingerprint density at radius 3 is 2.83 bits per heavy atom.